The maximum Gasteiger partial charge on any atom is 0.330 e. The van der Waals surface area contributed by atoms with E-state index in [-0.39, 0.29) is 6.54 Å². The molecular formula is C7H11NO5. The number of carbonyl (C=O) groups excluding carboxylic acids is 1. The molecule has 0 fully saturated rings. The van der Waals surface area contributed by atoms with Gasteiger partial charge < -0.3 is 15.5 Å². The van der Waals surface area contributed by atoms with Crippen molar-refractivity contribution in [3.05, 3.63) is 0 Å². The average Bonchev–Trinajstić information content (AvgIpc) is 2.02. The van der Waals surface area contributed by atoms with Crippen molar-refractivity contribution in [1.29, 1.82) is 0 Å². The molecule has 74 valence electrons. The van der Waals surface area contributed by atoms with Crippen LogP contribution in [0.3, 0.4) is 0 Å². The number of carboxylic acids is 2. The molecule has 0 saturated carbocycles. The van der Waals surface area contributed by atoms with Crippen molar-refractivity contribution >= 4 is 17.8 Å². The monoisotopic (exact) mass is 189 g/mol. The molecule has 0 bridgehead atoms. The summed E-state index contributed by atoms with van der Waals surface area (Å²) < 4.78 is 0. The average molecular weight is 189 g/mol. The Bertz CT molecular complexity index is 233. The highest BCUT2D eigenvalue weighted by atomic mass is 16.4. The molecule has 0 aromatic heterocycles. The largest absolute Gasteiger partial charge is 0.480 e. The zero-order valence-corrected chi connectivity index (χ0v) is 7.33. The molecule has 0 aliphatic rings. The number of carboxylic acid groups (broad SMARTS) is 2. The SMILES string of the molecule is CCNC(=O)C(C)(C(=O)O)C(=O)O. The van der Waals surface area contributed by atoms with E-state index in [0.29, 0.717) is 0 Å². The molecule has 0 saturated heterocycles. The molecule has 6 nitrogen and oxygen atoms in total. The summed E-state index contributed by atoms with van der Waals surface area (Å²) in [7, 11) is 0. The van der Waals surface area contributed by atoms with Gasteiger partial charge in [-0.3, -0.25) is 14.4 Å². The molecule has 0 aromatic rings. The van der Waals surface area contributed by atoms with Gasteiger partial charge in [0.2, 0.25) is 11.3 Å². The second kappa shape index (κ2) is 3.88. The first kappa shape index (κ1) is 11.4. The van der Waals surface area contributed by atoms with Crippen LogP contribution in [0.15, 0.2) is 0 Å². The summed E-state index contributed by atoms with van der Waals surface area (Å²) in [5.41, 5.74) is -2.41. The van der Waals surface area contributed by atoms with E-state index >= 15 is 0 Å². The number of hydrogen-bond acceptors (Lipinski definition) is 3. The summed E-state index contributed by atoms with van der Waals surface area (Å²) in [5.74, 6) is -4.37. The zero-order chi connectivity index (χ0) is 10.6. The summed E-state index contributed by atoms with van der Waals surface area (Å²) in [4.78, 5) is 32.1. The fourth-order valence-electron chi connectivity index (χ4n) is 0.623. The summed E-state index contributed by atoms with van der Waals surface area (Å²) in [6.45, 7) is 2.61. The number of amides is 1. The van der Waals surface area contributed by atoms with Crippen molar-refractivity contribution in [3.63, 3.8) is 0 Å². The van der Waals surface area contributed by atoms with Crippen LogP contribution in [0.4, 0.5) is 0 Å². The van der Waals surface area contributed by atoms with Crippen molar-refractivity contribution in [2.24, 2.45) is 5.41 Å². The molecule has 0 aliphatic carbocycles. The minimum absolute atomic E-state index is 0.189. The summed E-state index contributed by atoms with van der Waals surface area (Å²) in [5, 5.41) is 19.3. The van der Waals surface area contributed by atoms with E-state index in [2.05, 4.69) is 5.32 Å². The van der Waals surface area contributed by atoms with Crippen LogP contribution in [0.1, 0.15) is 13.8 Å². The first-order valence-corrected chi connectivity index (χ1v) is 3.62. The molecule has 0 heterocycles. The summed E-state index contributed by atoms with van der Waals surface area (Å²) in [6.07, 6.45) is 0. The molecule has 0 atom stereocenters. The second-order valence-corrected chi connectivity index (χ2v) is 2.59. The Hall–Kier alpha value is -1.59. The molecule has 0 aliphatic heterocycles. The van der Waals surface area contributed by atoms with Gasteiger partial charge >= 0.3 is 11.9 Å². The van der Waals surface area contributed by atoms with Gasteiger partial charge in [-0.2, -0.15) is 0 Å². The Kier molecular flexibility index (Phi) is 3.41. The lowest BCUT2D eigenvalue weighted by Gasteiger charge is -2.17. The first-order chi connectivity index (χ1) is 5.87. The lowest BCUT2D eigenvalue weighted by Crippen LogP contribution is -2.49. The van der Waals surface area contributed by atoms with Gasteiger partial charge in [0.1, 0.15) is 0 Å². The van der Waals surface area contributed by atoms with E-state index in [4.69, 9.17) is 10.2 Å². The van der Waals surface area contributed by atoms with E-state index in [9.17, 15) is 14.4 Å². The third kappa shape index (κ3) is 1.95. The van der Waals surface area contributed by atoms with E-state index in [1.807, 2.05) is 0 Å². The first-order valence-electron chi connectivity index (χ1n) is 3.62. The number of rotatable bonds is 4. The van der Waals surface area contributed by atoms with E-state index in [0.717, 1.165) is 6.92 Å². The van der Waals surface area contributed by atoms with Crippen molar-refractivity contribution in [2.75, 3.05) is 6.54 Å². The van der Waals surface area contributed by atoms with Crippen molar-refractivity contribution in [1.82, 2.24) is 5.32 Å². The van der Waals surface area contributed by atoms with E-state index in [1.165, 1.54) is 0 Å². The second-order valence-electron chi connectivity index (χ2n) is 2.59. The fourth-order valence-corrected chi connectivity index (χ4v) is 0.623. The molecular weight excluding hydrogens is 178 g/mol. The summed E-state index contributed by atoms with van der Waals surface area (Å²) in [6, 6.07) is 0. The highest BCUT2D eigenvalue weighted by Crippen LogP contribution is 2.16. The molecule has 0 spiro atoms. The van der Waals surface area contributed by atoms with Crippen LogP contribution >= 0.6 is 0 Å². The number of hydrogen-bond donors (Lipinski definition) is 3. The van der Waals surface area contributed by atoms with Gasteiger partial charge in [-0.15, -0.1) is 0 Å². The van der Waals surface area contributed by atoms with Crippen LogP contribution in [-0.4, -0.2) is 34.6 Å². The van der Waals surface area contributed by atoms with Gasteiger partial charge in [-0.05, 0) is 13.8 Å². The minimum Gasteiger partial charge on any atom is -0.480 e. The maximum atomic E-state index is 11.1. The molecule has 0 radical (unpaired) electrons. The Morgan fingerprint density at radius 3 is 1.85 bits per heavy atom. The predicted molar refractivity (Wildman–Crippen MR) is 42.1 cm³/mol. The van der Waals surface area contributed by atoms with Crippen LogP contribution in [0.25, 0.3) is 0 Å². The van der Waals surface area contributed by atoms with Crippen LogP contribution in [0, 0.1) is 5.41 Å². The third-order valence-corrected chi connectivity index (χ3v) is 1.65. The standard InChI is InChI=1S/C7H11NO5/c1-3-8-4(9)7(2,5(10)11)6(12)13/h3H2,1-2H3,(H,8,9)(H,10,11)(H,12,13). The Morgan fingerprint density at radius 1 is 1.23 bits per heavy atom. The van der Waals surface area contributed by atoms with Gasteiger partial charge in [0.25, 0.3) is 0 Å². The number of nitrogens with one attached hydrogen (secondary N) is 1. The Labute approximate surface area is 74.6 Å². The minimum atomic E-state index is -2.41. The smallest absolute Gasteiger partial charge is 0.330 e. The molecule has 0 unspecified atom stereocenters. The van der Waals surface area contributed by atoms with Gasteiger partial charge in [-0.25, -0.2) is 0 Å². The highest BCUT2D eigenvalue weighted by molar-refractivity contribution is 6.17. The van der Waals surface area contributed by atoms with E-state index in [1.54, 1.807) is 6.92 Å². The van der Waals surface area contributed by atoms with Gasteiger partial charge in [0.05, 0.1) is 0 Å². The zero-order valence-electron chi connectivity index (χ0n) is 7.33. The predicted octanol–water partition coefficient (Wildman–Crippen LogP) is -0.702. The van der Waals surface area contributed by atoms with Crippen LogP contribution in [0.5, 0.6) is 0 Å². The Morgan fingerprint density at radius 2 is 1.62 bits per heavy atom. The lowest BCUT2D eigenvalue weighted by atomic mass is 9.90. The normalized spacial score (nSPS) is 10.6. The van der Waals surface area contributed by atoms with E-state index < -0.39 is 23.3 Å². The van der Waals surface area contributed by atoms with Gasteiger partial charge in [0, 0.05) is 6.54 Å². The van der Waals surface area contributed by atoms with Crippen molar-refractivity contribution in [3.8, 4) is 0 Å². The molecule has 13 heavy (non-hydrogen) atoms. The van der Waals surface area contributed by atoms with Crippen LogP contribution < -0.4 is 5.32 Å². The lowest BCUT2D eigenvalue weighted by molar-refractivity contribution is -0.167. The highest BCUT2D eigenvalue weighted by Gasteiger charge is 2.49. The Balaban J connectivity index is 4.91. The molecule has 0 rings (SSSR count). The van der Waals surface area contributed by atoms with Crippen molar-refractivity contribution < 1.29 is 24.6 Å². The topological polar surface area (TPSA) is 104 Å². The third-order valence-electron chi connectivity index (χ3n) is 1.65. The van der Waals surface area contributed by atoms with Crippen LogP contribution in [0.2, 0.25) is 0 Å². The van der Waals surface area contributed by atoms with Gasteiger partial charge in [0.15, 0.2) is 0 Å². The molecule has 6 heteroatoms. The molecule has 3 N–H and O–H groups in total. The quantitative estimate of drug-likeness (QED) is 0.507. The maximum absolute atomic E-state index is 11.1. The number of aliphatic carboxylic acids is 2. The van der Waals surface area contributed by atoms with Gasteiger partial charge in [-0.1, -0.05) is 0 Å². The van der Waals surface area contributed by atoms with Crippen molar-refractivity contribution in [2.45, 2.75) is 13.8 Å². The summed E-state index contributed by atoms with van der Waals surface area (Å²) >= 11 is 0. The fraction of sp³-hybridized carbons (Fsp3) is 0.571. The molecule has 0 aromatic carbocycles. The molecule has 1 amide bonds. The van der Waals surface area contributed by atoms with Crippen LogP contribution in [-0.2, 0) is 14.4 Å². The number of carbonyl (C=O) groups is 3.